The molecule has 0 atom stereocenters. The SMILES string of the molecule is Cc1cncc(CNc2ccccc2-c2ccccc2)c1. The number of nitrogens with one attached hydrogen (secondary N) is 1. The van der Waals surface area contributed by atoms with Crippen LogP contribution in [-0.2, 0) is 6.54 Å². The molecule has 0 aliphatic rings. The molecule has 2 nitrogen and oxygen atoms in total. The first-order valence-corrected chi connectivity index (χ1v) is 7.12. The van der Waals surface area contributed by atoms with Crippen molar-refractivity contribution in [2.24, 2.45) is 0 Å². The molecule has 21 heavy (non-hydrogen) atoms. The molecular formula is C19H18N2. The Kier molecular flexibility index (Phi) is 3.97. The van der Waals surface area contributed by atoms with Crippen LogP contribution in [0.1, 0.15) is 11.1 Å². The summed E-state index contributed by atoms with van der Waals surface area (Å²) in [5.74, 6) is 0. The predicted octanol–water partition coefficient (Wildman–Crippen LogP) is 4.67. The fourth-order valence-electron chi connectivity index (χ4n) is 2.42. The fourth-order valence-corrected chi connectivity index (χ4v) is 2.42. The van der Waals surface area contributed by atoms with Gasteiger partial charge in [-0.15, -0.1) is 0 Å². The standard InChI is InChI=1S/C19H18N2/c1-15-11-16(13-20-12-15)14-21-19-10-6-5-9-18(19)17-7-3-2-4-8-17/h2-13,21H,14H2,1H3. The van der Waals surface area contributed by atoms with Crippen LogP contribution in [0, 0.1) is 6.92 Å². The summed E-state index contributed by atoms with van der Waals surface area (Å²) in [5.41, 5.74) is 5.97. The fraction of sp³-hybridized carbons (Fsp3) is 0.105. The van der Waals surface area contributed by atoms with E-state index in [-0.39, 0.29) is 0 Å². The van der Waals surface area contributed by atoms with Crippen molar-refractivity contribution in [1.82, 2.24) is 4.98 Å². The number of hydrogen-bond donors (Lipinski definition) is 1. The van der Waals surface area contributed by atoms with Gasteiger partial charge in [0.15, 0.2) is 0 Å². The summed E-state index contributed by atoms with van der Waals surface area (Å²) in [5, 5.41) is 3.52. The maximum absolute atomic E-state index is 4.24. The van der Waals surface area contributed by atoms with Crippen molar-refractivity contribution in [2.75, 3.05) is 5.32 Å². The van der Waals surface area contributed by atoms with Gasteiger partial charge in [0.1, 0.15) is 0 Å². The summed E-state index contributed by atoms with van der Waals surface area (Å²) in [6.07, 6.45) is 3.78. The molecule has 1 heterocycles. The molecule has 104 valence electrons. The van der Waals surface area contributed by atoms with Crippen molar-refractivity contribution in [3.05, 3.63) is 84.2 Å². The number of hydrogen-bond acceptors (Lipinski definition) is 2. The Hall–Kier alpha value is -2.61. The molecule has 0 aliphatic heterocycles. The lowest BCUT2D eigenvalue weighted by Gasteiger charge is -2.12. The summed E-state index contributed by atoms with van der Waals surface area (Å²) in [4.78, 5) is 4.24. The molecule has 2 heteroatoms. The highest BCUT2D eigenvalue weighted by Crippen LogP contribution is 2.27. The van der Waals surface area contributed by atoms with Gasteiger partial charge in [0.2, 0.25) is 0 Å². The Morgan fingerprint density at radius 1 is 0.905 bits per heavy atom. The summed E-state index contributed by atoms with van der Waals surface area (Å²) < 4.78 is 0. The zero-order valence-corrected chi connectivity index (χ0v) is 12.1. The van der Waals surface area contributed by atoms with E-state index in [0.29, 0.717) is 0 Å². The van der Waals surface area contributed by atoms with Gasteiger partial charge < -0.3 is 5.32 Å². The van der Waals surface area contributed by atoms with Crippen LogP contribution in [-0.4, -0.2) is 4.98 Å². The molecule has 0 saturated carbocycles. The van der Waals surface area contributed by atoms with E-state index in [1.165, 1.54) is 22.3 Å². The average molecular weight is 274 g/mol. The van der Waals surface area contributed by atoms with Crippen molar-refractivity contribution in [2.45, 2.75) is 13.5 Å². The monoisotopic (exact) mass is 274 g/mol. The van der Waals surface area contributed by atoms with Crippen LogP contribution in [0.3, 0.4) is 0 Å². The van der Waals surface area contributed by atoms with Crippen molar-refractivity contribution in [3.8, 4) is 11.1 Å². The van der Waals surface area contributed by atoms with Gasteiger partial charge in [-0.25, -0.2) is 0 Å². The molecule has 1 aromatic heterocycles. The van der Waals surface area contributed by atoms with Crippen LogP contribution in [0.2, 0.25) is 0 Å². The lowest BCUT2D eigenvalue weighted by atomic mass is 10.0. The van der Waals surface area contributed by atoms with Crippen molar-refractivity contribution < 1.29 is 0 Å². The van der Waals surface area contributed by atoms with Crippen LogP contribution >= 0.6 is 0 Å². The van der Waals surface area contributed by atoms with Crippen molar-refractivity contribution in [3.63, 3.8) is 0 Å². The van der Waals surface area contributed by atoms with E-state index in [0.717, 1.165) is 12.2 Å². The lowest BCUT2D eigenvalue weighted by molar-refractivity contribution is 1.10. The lowest BCUT2D eigenvalue weighted by Crippen LogP contribution is -2.01. The molecule has 0 unspecified atom stereocenters. The molecule has 0 aliphatic carbocycles. The highest BCUT2D eigenvalue weighted by molar-refractivity contribution is 5.77. The minimum Gasteiger partial charge on any atom is -0.380 e. The number of nitrogens with zero attached hydrogens (tertiary/aromatic N) is 1. The summed E-state index contributed by atoms with van der Waals surface area (Å²) in [6.45, 7) is 2.84. The second-order valence-electron chi connectivity index (χ2n) is 5.14. The van der Waals surface area contributed by atoms with Crippen LogP contribution < -0.4 is 5.32 Å². The quantitative estimate of drug-likeness (QED) is 0.748. The molecular weight excluding hydrogens is 256 g/mol. The van der Waals surface area contributed by atoms with Crippen LogP contribution in [0.5, 0.6) is 0 Å². The maximum atomic E-state index is 4.24. The molecule has 2 aromatic carbocycles. The second kappa shape index (κ2) is 6.23. The van der Waals surface area contributed by atoms with E-state index >= 15 is 0 Å². The van der Waals surface area contributed by atoms with E-state index < -0.39 is 0 Å². The van der Waals surface area contributed by atoms with E-state index in [1.807, 2.05) is 18.5 Å². The van der Waals surface area contributed by atoms with Crippen LogP contribution in [0.15, 0.2) is 73.1 Å². The van der Waals surface area contributed by atoms with Gasteiger partial charge in [0.25, 0.3) is 0 Å². The number of anilines is 1. The van der Waals surface area contributed by atoms with E-state index in [2.05, 4.69) is 71.8 Å². The van der Waals surface area contributed by atoms with E-state index in [4.69, 9.17) is 0 Å². The average Bonchev–Trinajstić information content (AvgIpc) is 2.54. The van der Waals surface area contributed by atoms with Crippen molar-refractivity contribution >= 4 is 5.69 Å². The van der Waals surface area contributed by atoms with Crippen LogP contribution in [0.25, 0.3) is 11.1 Å². The van der Waals surface area contributed by atoms with Gasteiger partial charge in [-0.3, -0.25) is 4.98 Å². The van der Waals surface area contributed by atoms with Gasteiger partial charge in [-0.1, -0.05) is 54.6 Å². The van der Waals surface area contributed by atoms with E-state index in [1.54, 1.807) is 0 Å². The third kappa shape index (κ3) is 3.29. The third-order valence-electron chi connectivity index (χ3n) is 3.43. The summed E-state index contributed by atoms with van der Waals surface area (Å²) in [7, 11) is 0. The van der Waals surface area contributed by atoms with Crippen molar-refractivity contribution in [1.29, 1.82) is 0 Å². The first kappa shape index (κ1) is 13.4. The largest absolute Gasteiger partial charge is 0.380 e. The van der Waals surface area contributed by atoms with Gasteiger partial charge >= 0.3 is 0 Å². The highest BCUT2D eigenvalue weighted by Gasteiger charge is 2.03. The van der Waals surface area contributed by atoms with Gasteiger partial charge in [0, 0.05) is 30.2 Å². The minimum atomic E-state index is 0.776. The topological polar surface area (TPSA) is 24.9 Å². The zero-order chi connectivity index (χ0) is 14.5. The first-order chi connectivity index (χ1) is 10.3. The smallest absolute Gasteiger partial charge is 0.0422 e. The molecule has 0 radical (unpaired) electrons. The molecule has 0 amide bonds. The molecule has 0 fully saturated rings. The maximum Gasteiger partial charge on any atom is 0.0422 e. The summed E-state index contributed by atoms with van der Waals surface area (Å²) >= 11 is 0. The van der Waals surface area contributed by atoms with Gasteiger partial charge in [0.05, 0.1) is 0 Å². The number of benzene rings is 2. The second-order valence-corrected chi connectivity index (χ2v) is 5.14. The number of aromatic nitrogens is 1. The molecule has 0 bridgehead atoms. The Bertz CT molecular complexity index is 720. The predicted molar refractivity (Wildman–Crippen MR) is 88.2 cm³/mol. The van der Waals surface area contributed by atoms with Crippen LogP contribution in [0.4, 0.5) is 5.69 Å². The molecule has 3 rings (SSSR count). The van der Waals surface area contributed by atoms with E-state index in [9.17, 15) is 0 Å². The Morgan fingerprint density at radius 2 is 1.67 bits per heavy atom. The van der Waals surface area contributed by atoms with Gasteiger partial charge in [-0.05, 0) is 29.7 Å². The Labute approximate surface area is 125 Å². The molecule has 3 aromatic rings. The number of rotatable bonds is 4. The Balaban J connectivity index is 1.83. The minimum absolute atomic E-state index is 0.776. The number of para-hydroxylation sites is 1. The third-order valence-corrected chi connectivity index (χ3v) is 3.43. The number of pyridine rings is 1. The first-order valence-electron chi connectivity index (χ1n) is 7.12. The molecule has 1 N–H and O–H groups in total. The molecule has 0 saturated heterocycles. The molecule has 0 spiro atoms. The number of aryl methyl sites for hydroxylation is 1. The Morgan fingerprint density at radius 3 is 2.48 bits per heavy atom. The summed E-state index contributed by atoms with van der Waals surface area (Å²) in [6, 6.07) is 21.0. The highest BCUT2D eigenvalue weighted by atomic mass is 14.9. The zero-order valence-electron chi connectivity index (χ0n) is 12.1. The normalized spacial score (nSPS) is 10.3. The van der Waals surface area contributed by atoms with Gasteiger partial charge in [-0.2, -0.15) is 0 Å².